The van der Waals surface area contributed by atoms with Gasteiger partial charge in [0.2, 0.25) is 0 Å². The number of aromatic amines is 1. The van der Waals surface area contributed by atoms with E-state index in [1.165, 1.54) is 12.3 Å². The van der Waals surface area contributed by atoms with Gasteiger partial charge in [-0.05, 0) is 80.5 Å². The van der Waals surface area contributed by atoms with E-state index in [1.54, 1.807) is 32.4 Å². The Balaban J connectivity index is 1.44. The van der Waals surface area contributed by atoms with E-state index in [4.69, 9.17) is 4.74 Å². The molecule has 0 saturated heterocycles. The van der Waals surface area contributed by atoms with Crippen molar-refractivity contribution in [2.45, 2.75) is 33.1 Å². The summed E-state index contributed by atoms with van der Waals surface area (Å²) in [6.07, 6.45) is 8.11. The molecule has 1 aliphatic carbocycles. The van der Waals surface area contributed by atoms with E-state index in [2.05, 4.69) is 21.9 Å². The second-order valence-electron chi connectivity index (χ2n) is 9.29. The summed E-state index contributed by atoms with van der Waals surface area (Å²) in [6.45, 7) is 5.02. The highest BCUT2D eigenvalue weighted by Crippen LogP contribution is 2.32. The molecule has 0 aliphatic heterocycles. The lowest BCUT2D eigenvalue weighted by Crippen LogP contribution is -2.35. The Bertz CT molecular complexity index is 1390. The van der Waals surface area contributed by atoms with E-state index in [9.17, 15) is 9.18 Å². The fourth-order valence-electron chi connectivity index (χ4n) is 4.67. The van der Waals surface area contributed by atoms with Crippen LogP contribution in [0.5, 0.6) is 5.75 Å². The number of hydrogen-bond acceptors (Lipinski definition) is 4. The first-order valence-corrected chi connectivity index (χ1v) is 12.0. The van der Waals surface area contributed by atoms with Crippen LogP contribution < -0.4 is 4.74 Å². The number of nitrogens with one attached hydrogen (secondary N) is 1. The van der Waals surface area contributed by atoms with Crippen LogP contribution >= 0.6 is 0 Å². The number of aromatic nitrogens is 3. The first-order chi connectivity index (χ1) is 17.0. The van der Waals surface area contributed by atoms with Crippen LogP contribution in [0.3, 0.4) is 0 Å². The molecule has 1 aliphatic rings. The van der Waals surface area contributed by atoms with Crippen LogP contribution in [0.2, 0.25) is 0 Å². The highest BCUT2D eigenvalue weighted by atomic mass is 19.1. The van der Waals surface area contributed by atoms with Crippen molar-refractivity contribution in [2.24, 2.45) is 5.92 Å². The summed E-state index contributed by atoms with van der Waals surface area (Å²) in [6, 6.07) is 8.76. The molecular formula is C28H29FN4O2. The Morgan fingerprint density at radius 1 is 1.17 bits per heavy atom. The molecule has 2 heterocycles. The van der Waals surface area contributed by atoms with Gasteiger partial charge in [-0.3, -0.25) is 9.78 Å². The summed E-state index contributed by atoms with van der Waals surface area (Å²) in [5.41, 5.74) is 5.27. The number of benzene rings is 2. The summed E-state index contributed by atoms with van der Waals surface area (Å²) >= 11 is 0. The molecule has 1 fully saturated rings. The predicted molar refractivity (Wildman–Crippen MR) is 134 cm³/mol. The zero-order valence-electron chi connectivity index (χ0n) is 20.3. The van der Waals surface area contributed by atoms with Gasteiger partial charge < -0.3 is 14.6 Å². The summed E-state index contributed by atoms with van der Waals surface area (Å²) in [5, 5.41) is 1.14. The number of aryl methyl sites for hydroxylation is 2. The van der Waals surface area contributed by atoms with Gasteiger partial charge in [0, 0.05) is 53.7 Å². The number of hydrogen-bond donors (Lipinski definition) is 1. The Kier molecular flexibility index (Phi) is 6.24. The van der Waals surface area contributed by atoms with Gasteiger partial charge in [0.15, 0.2) is 5.69 Å². The third kappa shape index (κ3) is 4.63. The third-order valence-corrected chi connectivity index (χ3v) is 6.80. The maximum atomic E-state index is 13.9. The quantitative estimate of drug-likeness (QED) is 0.368. The second kappa shape index (κ2) is 9.49. The van der Waals surface area contributed by atoms with Gasteiger partial charge in [-0.2, -0.15) is 0 Å². The fraction of sp³-hybridized carbons (Fsp3) is 0.321. The van der Waals surface area contributed by atoms with Crippen molar-refractivity contribution in [1.82, 2.24) is 19.9 Å². The van der Waals surface area contributed by atoms with E-state index >= 15 is 0 Å². The second-order valence-corrected chi connectivity index (χ2v) is 9.29. The summed E-state index contributed by atoms with van der Waals surface area (Å²) in [5.74, 6) is 0.947. The van der Waals surface area contributed by atoms with Crippen LogP contribution in [-0.4, -0.2) is 46.0 Å². The molecule has 0 spiro atoms. The van der Waals surface area contributed by atoms with Gasteiger partial charge in [-0.1, -0.05) is 0 Å². The minimum absolute atomic E-state index is 0.142. The van der Waals surface area contributed by atoms with Crippen molar-refractivity contribution in [3.8, 4) is 17.0 Å². The Morgan fingerprint density at radius 2 is 1.97 bits per heavy atom. The van der Waals surface area contributed by atoms with Crippen molar-refractivity contribution in [3.05, 3.63) is 77.1 Å². The molecule has 0 radical (unpaired) electrons. The highest BCUT2D eigenvalue weighted by molar-refractivity contribution is 5.98. The number of halogens is 1. The highest BCUT2D eigenvalue weighted by Gasteiger charge is 2.29. The fourth-order valence-corrected chi connectivity index (χ4v) is 4.67. The lowest BCUT2D eigenvalue weighted by atomic mass is 10.0. The lowest BCUT2D eigenvalue weighted by Gasteiger charge is -2.23. The molecule has 2 aromatic carbocycles. The first-order valence-electron chi connectivity index (χ1n) is 12.0. The van der Waals surface area contributed by atoms with Crippen LogP contribution in [0.25, 0.3) is 22.2 Å². The van der Waals surface area contributed by atoms with Crippen LogP contribution in [0.15, 0.2) is 48.9 Å². The number of nitrogens with zero attached hydrogens (tertiary/aromatic N) is 3. The van der Waals surface area contributed by atoms with Crippen molar-refractivity contribution < 1.29 is 13.9 Å². The van der Waals surface area contributed by atoms with E-state index < -0.39 is 0 Å². The van der Waals surface area contributed by atoms with Gasteiger partial charge in [0.05, 0.1) is 7.11 Å². The SMILES string of the molecule is COc1ccc2[nH]cc(CCN(CC3CC3)C(=O)c3nccnc3-c3ccc(F)c(C)c3)c2c1C. The number of rotatable bonds is 8. The number of H-pyrrole nitrogens is 1. The molecule has 0 atom stereocenters. The van der Waals surface area contributed by atoms with Crippen molar-refractivity contribution in [1.29, 1.82) is 0 Å². The van der Waals surface area contributed by atoms with Gasteiger partial charge >= 0.3 is 0 Å². The molecule has 0 bridgehead atoms. The van der Waals surface area contributed by atoms with E-state index in [0.29, 0.717) is 47.9 Å². The molecule has 2 aromatic heterocycles. The van der Waals surface area contributed by atoms with E-state index in [0.717, 1.165) is 40.6 Å². The van der Waals surface area contributed by atoms with Crippen molar-refractivity contribution in [2.75, 3.05) is 20.2 Å². The van der Waals surface area contributed by atoms with Crippen molar-refractivity contribution >= 4 is 16.8 Å². The largest absolute Gasteiger partial charge is 0.496 e. The summed E-state index contributed by atoms with van der Waals surface area (Å²) in [7, 11) is 1.68. The molecule has 0 unspecified atom stereocenters. The topological polar surface area (TPSA) is 71.1 Å². The third-order valence-electron chi connectivity index (χ3n) is 6.80. The molecule has 7 heteroatoms. The zero-order valence-corrected chi connectivity index (χ0v) is 20.3. The Morgan fingerprint density at radius 3 is 2.71 bits per heavy atom. The minimum atomic E-state index is -0.286. The number of fused-ring (bicyclic) bond motifs is 1. The average molecular weight is 473 g/mol. The number of ether oxygens (including phenoxy) is 1. The predicted octanol–water partition coefficient (Wildman–Crippen LogP) is 5.48. The maximum Gasteiger partial charge on any atom is 0.274 e. The standard InChI is InChI=1S/C28H29FN4O2/c1-17-14-20(6-7-22(17)29)26-27(31-12-11-30-26)28(34)33(16-19-4-5-19)13-10-21-15-32-23-8-9-24(35-3)18(2)25(21)23/h6-9,11-12,14-15,19,32H,4-5,10,13,16H2,1-3H3. The zero-order chi connectivity index (χ0) is 24.5. The van der Waals surface area contributed by atoms with Crippen molar-refractivity contribution in [3.63, 3.8) is 0 Å². The maximum absolute atomic E-state index is 13.9. The summed E-state index contributed by atoms with van der Waals surface area (Å²) in [4.78, 5) is 27.9. The molecule has 1 N–H and O–H groups in total. The molecule has 35 heavy (non-hydrogen) atoms. The molecule has 180 valence electrons. The Hall–Kier alpha value is -3.74. The smallest absolute Gasteiger partial charge is 0.274 e. The number of carbonyl (C=O) groups is 1. The van der Waals surface area contributed by atoms with Crippen LogP contribution in [0, 0.1) is 25.6 Å². The number of carbonyl (C=O) groups excluding carboxylic acids is 1. The molecular weight excluding hydrogens is 443 g/mol. The normalized spacial score (nSPS) is 13.3. The number of amides is 1. The van der Waals surface area contributed by atoms with Crippen LogP contribution in [0.4, 0.5) is 4.39 Å². The first kappa shape index (κ1) is 23.0. The van der Waals surface area contributed by atoms with Crippen LogP contribution in [0.1, 0.15) is 40.0 Å². The van der Waals surface area contributed by atoms with Gasteiger partial charge in [0.1, 0.15) is 17.3 Å². The average Bonchev–Trinajstić information content (AvgIpc) is 3.60. The molecule has 5 rings (SSSR count). The minimum Gasteiger partial charge on any atom is -0.496 e. The van der Waals surface area contributed by atoms with Gasteiger partial charge in [0.25, 0.3) is 5.91 Å². The van der Waals surface area contributed by atoms with E-state index in [-0.39, 0.29) is 11.7 Å². The monoisotopic (exact) mass is 472 g/mol. The Labute approximate surface area is 204 Å². The van der Waals surface area contributed by atoms with Crippen LogP contribution in [-0.2, 0) is 6.42 Å². The molecule has 6 nitrogen and oxygen atoms in total. The molecule has 1 amide bonds. The molecule has 1 saturated carbocycles. The van der Waals surface area contributed by atoms with Gasteiger partial charge in [-0.25, -0.2) is 9.37 Å². The van der Waals surface area contributed by atoms with Gasteiger partial charge in [-0.15, -0.1) is 0 Å². The number of methoxy groups -OCH3 is 1. The lowest BCUT2D eigenvalue weighted by molar-refractivity contribution is 0.0744. The van der Waals surface area contributed by atoms with E-state index in [1.807, 2.05) is 23.2 Å². The molecule has 4 aromatic rings. The summed E-state index contributed by atoms with van der Waals surface area (Å²) < 4.78 is 19.4.